The number of hydrogen-bond donors (Lipinski definition) is 2. The summed E-state index contributed by atoms with van der Waals surface area (Å²) in [5.74, 6) is -0.242. The maximum absolute atomic E-state index is 9.54. The molecule has 4 heteroatoms. The molecule has 0 radical (unpaired) electrons. The Balaban J connectivity index is 2.62. The first kappa shape index (κ1) is 8.97. The Bertz CT molecular complexity index is 451. The van der Waals surface area contributed by atoms with Crippen LogP contribution in [-0.2, 0) is 0 Å². The van der Waals surface area contributed by atoms with Gasteiger partial charge in [-0.2, -0.15) is 0 Å². The average molecular weight is 210 g/mol. The molecule has 0 aliphatic carbocycles. The maximum Gasteiger partial charge on any atom is 0.217 e. The lowest BCUT2D eigenvalue weighted by molar-refractivity contribution is 0.403. The van der Waals surface area contributed by atoms with E-state index in [1.54, 1.807) is 12.1 Å². The fourth-order valence-corrected chi connectivity index (χ4v) is 1.47. The molecular formula is C10H8ClNO2. The monoisotopic (exact) mass is 209 g/mol. The summed E-state index contributed by atoms with van der Waals surface area (Å²) in [7, 11) is 0. The molecule has 14 heavy (non-hydrogen) atoms. The molecule has 2 rings (SSSR count). The van der Waals surface area contributed by atoms with E-state index in [0.29, 0.717) is 5.69 Å². The largest absolute Gasteiger partial charge is 0.494 e. The molecule has 2 aromatic rings. The lowest BCUT2D eigenvalue weighted by Gasteiger charge is -2.05. The molecule has 0 bridgehead atoms. The van der Waals surface area contributed by atoms with Gasteiger partial charge in [-0.3, -0.25) is 4.57 Å². The first-order valence-electron chi connectivity index (χ1n) is 4.05. The van der Waals surface area contributed by atoms with Crippen molar-refractivity contribution in [3.05, 3.63) is 41.4 Å². The van der Waals surface area contributed by atoms with Crippen LogP contribution in [0.25, 0.3) is 5.69 Å². The number of aromatic nitrogens is 1. The van der Waals surface area contributed by atoms with Gasteiger partial charge >= 0.3 is 0 Å². The number of hydrogen-bond acceptors (Lipinski definition) is 2. The molecule has 0 spiro atoms. The Kier molecular flexibility index (Phi) is 2.09. The van der Waals surface area contributed by atoms with Gasteiger partial charge in [-0.15, -0.1) is 0 Å². The smallest absolute Gasteiger partial charge is 0.217 e. The van der Waals surface area contributed by atoms with Crippen molar-refractivity contribution in [2.24, 2.45) is 0 Å². The molecule has 3 nitrogen and oxygen atoms in total. The maximum atomic E-state index is 9.54. The third-order valence-electron chi connectivity index (χ3n) is 1.92. The van der Waals surface area contributed by atoms with Crippen LogP contribution in [0.2, 0.25) is 5.02 Å². The molecule has 0 aliphatic heterocycles. The van der Waals surface area contributed by atoms with Gasteiger partial charge in [0, 0.05) is 6.07 Å². The second-order valence-electron chi connectivity index (χ2n) is 2.85. The predicted molar refractivity (Wildman–Crippen MR) is 54.1 cm³/mol. The van der Waals surface area contributed by atoms with Crippen molar-refractivity contribution in [3.63, 3.8) is 0 Å². The quantitative estimate of drug-likeness (QED) is 0.758. The standard InChI is InChI=1S/C10H8ClNO2/c11-8-6-9(13)12(10(8)14)7-4-2-1-3-5-7/h1-6,13-14H. The molecule has 1 aromatic heterocycles. The van der Waals surface area contributed by atoms with Crippen LogP contribution in [-0.4, -0.2) is 14.8 Å². The van der Waals surface area contributed by atoms with Crippen molar-refractivity contribution >= 4 is 11.6 Å². The molecule has 2 N–H and O–H groups in total. The number of benzene rings is 1. The Hall–Kier alpha value is -1.61. The lowest BCUT2D eigenvalue weighted by Crippen LogP contribution is -1.91. The first-order chi connectivity index (χ1) is 6.70. The summed E-state index contributed by atoms with van der Waals surface area (Å²) in [6.07, 6.45) is 0. The van der Waals surface area contributed by atoms with Crippen LogP contribution in [0.3, 0.4) is 0 Å². The highest BCUT2D eigenvalue weighted by atomic mass is 35.5. The molecule has 72 valence electrons. The van der Waals surface area contributed by atoms with Crippen LogP contribution in [0.15, 0.2) is 36.4 Å². The average Bonchev–Trinajstić information content (AvgIpc) is 2.43. The van der Waals surface area contributed by atoms with Crippen LogP contribution in [0.1, 0.15) is 0 Å². The molecule has 1 heterocycles. The number of halogens is 1. The van der Waals surface area contributed by atoms with Crippen molar-refractivity contribution < 1.29 is 10.2 Å². The fourth-order valence-electron chi connectivity index (χ4n) is 1.29. The minimum Gasteiger partial charge on any atom is -0.494 e. The third-order valence-corrected chi connectivity index (χ3v) is 2.20. The van der Waals surface area contributed by atoms with Gasteiger partial charge in [-0.25, -0.2) is 0 Å². The predicted octanol–water partition coefficient (Wildman–Crippen LogP) is 2.54. The van der Waals surface area contributed by atoms with Gasteiger partial charge in [0.15, 0.2) is 5.88 Å². The van der Waals surface area contributed by atoms with Gasteiger partial charge in [-0.1, -0.05) is 29.8 Å². The molecule has 0 aliphatic rings. The van der Waals surface area contributed by atoms with E-state index < -0.39 is 0 Å². The van der Waals surface area contributed by atoms with E-state index in [-0.39, 0.29) is 16.8 Å². The van der Waals surface area contributed by atoms with Gasteiger partial charge in [0.05, 0.1) is 5.69 Å². The van der Waals surface area contributed by atoms with Crippen LogP contribution in [0.5, 0.6) is 11.8 Å². The summed E-state index contributed by atoms with van der Waals surface area (Å²) in [5, 5.41) is 19.2. The summed E-state index contributed by atoms with van der Waals surface area (Å²) in [5.41, 5.74) is 0.661. The van der Waals surface area contributed by atoms with E-state index in [1.165, 1.54) is 10.6 Å². The van der Waals surface area contributed by atoms with E-state index in [9.17, 15) is 10.2 Å². The zero-order valence-electron chi connectivity index (χ0n) is 7.18. The van der Waals surface area contributed by atoms with Crippen molar-refractivity contribution in [1.29, 1.82) is 0 Å². The Morgan fingerprint density at radius 2 is 1.71 bits per heavy atom. The normalized spacial score (nSPS) is 10.4. The molecule has 1 aromatic carbocycles. The second-order valence-corrected chi connectivity index (χ2v) is 3.25. The molecular weight excluding hydrogens is 202 g/mol. The highest BCUT2D eigenvalue weighted by Gasteiger charge is 2.12. The molecule has 0 saturated heterocycles. The number of rotatable bonds is 1. The van der Waals surface area contributed by atoms with Gasteiger partial charge in [-0.05, 0) is 12.1 Å². The van der Waals surface area contributed by atoms with E-state index >= 15 is 0 Å². The highest BCUT2D eigenvalue weighted by Crippen LogP contribution is 2.34. The van der Waals surface area contributed by atoms with Crippen LogP contribution >= 0.6 is 11.6 Å². The highest BCUT2D eigenvalue weighted by molar-refractivity contribution is 6.32. The zero-order chi connectivity index (χ0) is 10.1. The Morgan fingerprint density at radius 3 is 2.21 bits per heavy atom. The van der Waals surface area contributed by atoms with Gasteiger partial charge in [0.25, 0.3) is 0 Å². The van der Waals surface area contributed by atoms with E-state index in [4.69, 9.17) is 11.6 Å². The van der Waals surface area contributed by atoms with Crippen molar-refractivity contribution in [2.75, 3.05) is 0 Å². The second kappa shape index (κ2) is 3.27. The summed E-state index contributed by atoms with van der Waals surface area (Å²) in [4.78, 5) is 0. The third kappa shape index (κ3) is 1.32. The molecule has 0 atom stereocenters. The van der Waals surface area contributed by atoms with Gasteiger partial charge in [0.1, 0.15) is 5.02 Å². The Labute approximate surface area is 85.8 Å². The fraction of sp³-hybridized carbons (Fsp3) is 0. The number of aromatic hydroxyl groups is 2. The first-order valence-corrected chi connectivity index (χ1v) is 4.42. The van der Waals surface area contributed by atoms with Crippen LogP contribution < -0.4 is 0 Å². The van der Waals surface area contributed by atoms with Crippen molar-refractivity contribution in [1.82, 2.24) is 4.57 Å². The summed E-state index contributed by atoms with van der Waals surface area (Å²) in [6.45, 7) is 0. The van der Waals surface area contributed by atoms with E-state index in [2.05, 4.69) is 0 Å². The molecule has 0 unspecified atom stereocenters. The SMILES string of the molecule is Oc1cc(Cl)c(O)n1-c1ccccc1. The molecule has 0 saturated carbocycles. The zero-order valence-corrected chi connectivity index (χ0v) is 7.94. The lowest BCUT2D eigenvalue weighted by atomic mass is 10.3. The molecule has 0 amide bonds. The van der Waals surface area contributed by atoms with E-state index in [1.807, 2.05) is 18.2 Å². The van der Waals surface area contributed by atoms with Gasteiger partial charge in [0.2, 0.25) is 5.88 Å². The number of nitrogens with zero attached hydrogens (tertiary/aromatic N) is 1. The minimum absolute atomic E-state index is 0.0845. The van der Waals surface area contributed by atoms with E-state index in [0.717, 1.165) is 0 Å². The molecule has 0 fully saturated rings. The summed E-state index contributed by atoms with van der Waals surface area (Å²) in [6, 6.07) is 10.3. The van der Waals surface area contributed by atoms with Crippen molar-refractivity contribution in [3.8, 4) is 17.4 Å². The van der Waals surface area contributed by atoms with Crippen LogP contribution in [0.4, 0.5) is 0 Å². The number of para-hydroxylation sites is 1. The summed E-state index contributed by atoms with van der Waals surface area (Å²) < 4.78 is 1.27. The van der Waals surface area contributed by atoms with Crippen LogP contribution in [0, 0.1) is 0 Å². The summed E-state index contributed by atoms with van der Waals surface area (Å²) >= 11 is 5.65. The Morgan fingerprint density at radius 1 is 1.07 bits per heavy atom. The topological polar surface area (TPSA) is 45.4 Å². The van der Waals surface area contributed by atoms with Crippen molar-refractivity contribution in [2.45, 2.75) is 0 Å². The van der Waals surface area contributed by atoms with Gasteiger partial charge < -0.3 is 10.2 Å². The minimum atomic E-state index is -0.157.